The molecule has 14 atom stereocenters. The predicted octanol–water partition coefficient (Wildman–Crippen LogP) is 3.91. The minimum Gasteiger partial charge on any atom is -0.458 e. The molecule has 57 heavy (non-hydrogen) atoms. The summed E-state index contributed by atoms with van der Waals surface area (Å²) in [6.07, 6.45) is -3.73. The Morgan fingerprint density at radius 2 is 1.79 bits per heavy atom. The van der Waals surface area contributed by atoms with Crippen LogP contribution < -0.4 is 0 Å². The molecular weight excluding hydrogens is 738 g/mol. The number of oxime groups is 1. The van der Waals surface area contributed by atoms with E-state index >= 15 is 0 Å². The van der Waals surface area contributed by atoms with Gasteiger partial charge >= 0.3 is 11.9 Å². The first-order valence-corrected chi connectivity index (χ1v) is 20.3. The Morgan fingerprint density at radius 3 is 2.51 bits per heavy atom. The number of para-hydroxylation sites is 1. The van der Waals surface area contributed by atoms with Gasteiger partial charge in [0, 0.05) is 29.7 Å². The zero-order chi connectivity index (χ0) is 41.4. The summed E-state index contributed by atoms with van der Waals surface area (Å²) >= 11 is 0. The van der Waals surface area contributed by atoms with Crippen LogP contribution in [0.3, 0.4) is 0 Å². The zero-order valence-electron chi connectivity index (χ0n) is 35.0. The van der Waals surface area contributed by atoms with E-state index in [0.717, 1.165) is 5.52 Å². The highest BCUT2D eigenvalue weighted by molar-refractivity contribution is 5.87. The largest absolute Gasteiger partial charge is 0.458 e. The summed E-state index contributed by atoms with van der Waals surface area (Å²) in [5.41, 5.74) is -0.594. The topological polar surface area (TPSA) is 182 Å². The molecule has 2 aromatic rings. The maximum atomic E-state index is 14.5. The number of aliphatic hydroxyl groups excluding tert-OH is 1. The van der Waals surface area contributed by atoms with E-state index in [-0.39, 0.29) is 50.7 Å². The van der Waals surface area contributed by atoms with Crippen molar-refractivity contribution in [3.05, 3.63) is 24.3 Å². The number of nitrogens with zero attached hydrogens (tertiary/aromatic N) is 5. The highest BCUT2D eigenvalue weighted by Gasteiger charge is 2.57. The van der Waals surface area contributed by atoms with Crippen LogP contribution >= 0.6 is 0 Å². The molecule has 4 aliphatic rings. The number of benzene rings is 1. The van der Waals surface area contributed by atoms with Crippen molar-refractivity contribution in [1.82, 2.24) is 19.9 Å². The summed E-state index contributed by atoms with van der Waals surface area (Å²) in [6, 6.07) is 7.24. The van der Waals surface area contributed by atoms with Crippen LogP contribution in [0.1, 0.15) is 81.1 Å². The number of aliphatic hydroxyl groups is 1. The van der Waals surface area contributed by atoms with Gasteiger partial charge in [0.25, 0.3) is 0 Å². The second-order valence-corrected chi connectivity index (χ2v) is 17.2. The lowest BCUT2D eigenvalue weighted by Gasteiger charge is -2.48. The fraction of sp³-hybridized carbons (Fsp3) is 0.756. The third kappa shape index (κ3) is 8.76. The van der Waals surface area contributed by atoms with Gasteiger partial charge in [-0.1, -0.05) is 50.2 Å². The van der Waals surface area contributed by atoms with Gasteiger partial charge in [-0.2, -0.15) is 0 Å². The van der Waals surface area contributed by atoms with E-state index < -0.39 is 83.4 Å². The van der Waals surface area contributed by atoms with Gasteiger partial charge < -0.3 is 43.3 Å². The Kier molecular flexibility index (Phi) is 13.1. The first-order valence-electron chi connectivity index (χ1n) is 20.3. The van der Waals surface area contributed by atoms with E-state index in [2.05, 4.69) is 15.5 Å². The molecule has 16 heteroatoms. The molecular formula is C41H61N5O11. The number of carbonyl (C=O) groups excluding carboxylic acids is 3. The molecule has 316 valence electrons. The molecule has 1 aromatic carbocycles. The van der Waals surface area contributed by atoms with Gasteiger partial charge in [-0.25, -0.2) is 4.68 Å². The minimum atomic E-state index is -1.24. The first kappa shape index (κ1) is 43.0. The second kappa shape index (κ2) is 17.4. The predicted molar refractivity (Wildman–Crippen MR) is 207 cm³/mol. The average Bonchev–Trinajstić information content (AvgIpc) is 3.74. The smallest absolute Gasteiger partial charge is 0.311 e. The van der Waals surface area contributed by atoms with Gasteiger partial charge in [0.1, 0.15) is 34.8 Å². The summed E-state index contributed by atoms with van der Waals surface area (Å²) in [6.45, 7) is 14.6. The van der Waals surface area contributed by atoms with Crippen molar-refractivity contribution < 1.29 is 52.7 Å². The summed E-state index contributed by atoms with van der Waals surface area (Å²) in [5.74, 6) is -4.30. The summed E-state index contributed by atoms with van der Waals surface area (Å²) < 4.78 is 40.5. The molecule has 1 aromatic heterocycles. The third-order valence-electron chi connectivity index (χ3n) is 12.8. The zero-order valence-corrected chi connectivity index (χ0v) is 35.0. The Balaban J connectivity index is 1.41. The molecule has 16 nitrogen and oxygen atoms in total. The Labute approximate surface area is 334 Å². The van der Waals surface area contributed by atoms with Crippen LogP contribution in [0.15, 0.2) is 29.4 Å². The van der Waals surface area contributed by atoms with Crippen molar-refractivity contribution in [1.29, 1.82) is 0 Å². The lowest BCUT2D eigenvalue weighted by Crippen LogP contribution is -2.60. The third-order valence-corrected chi connectivity index (χ3v) is 12.8. The van der Waals surface area contributed by atoms with Crippen molar-refractivity contribution >= 4 is 34.5 Å². The normalized spacial score (nSPS) is 40.6. The highest BCUT2D eigenvalue weighted by atomic mass is 16.7. The van der Waals surface area contributed by atoms with E-state index in [4.69, 9.17) is 33.3 Å². The summed E-state index contributed by atoms with van der Waals surface area (Å²) in [4.78, 5) is 49.6. The molecule has 1 N–H and O–H groups in total. The number of carbonyl (C=O) groups is 3. The molecule has 5 heterocycles. The van der Waals surface area contributed by atoms with Crippen molar-refractivity contribution in [2.45, 2.75) is 142 Å². The van der Waals surface area contributed by atoms with Gasteiger partial charge in [-0.05, 0) is 73.2 Å². The van der Waals surface area contributed by atoms with Gasteiger partial charge in [-0.3, -0.25) is 14.4 Å². The monoisotopic (exact) mass is 799 g/mol. The fourth-order valence-corrected chi connectivity index (χ4v) is 9.59. The molecule has 0 amide bonds. The fourth-order valence-electron chi connectivity index (χ4n) is 9.59. The Morgan fingerprint density at radius 1 is 1.05 bits per heavy atom. The average molecular weight is 800 g/mol. The van der Waals surface area contributed by atoms with Crippen LogP contribution in [0.25, 0.3) is 11.0 Å². The van der Waals surface area contributed by atoms with Crippen molar-refractivity contribution in [2.24, 2.45) is 34.7 Å². The molecule has 2 bridgehead atoms. The molecule has 0 saturated carbocycles. The van der Waals surface area contributed by atoms with Crippen LogP contribution in [0, 0.1) is 29.6 Å². The van der Waals surface area contributed by atoms with Crippen molar-refractivity contribution in [2.75, 3.05) is 27.3 Å². The molecule has 0 radical (unpaired) electrons. The van der Waals surface area contributed by atoms with Gasteiger partial charge in [0.15, 0.2) is 6.29 Å². The van der Waals surface area contributed by atoms with Crippen LogP contribution in [-0.4, -0.2) is 130 Å². The molecule has 4 fully saturated rings. The number of likely N-dealkylation sites (N-methyl/N-ethyl adjacent to an activating group) is 1. The minimum absolute atomic E-state index is 0.0222. The molecule has 0 aliphatic carbocycles. The number of hydrogen-bond donors (Lipinski definition) is 1. The summed E-state index contributed by atoms with van der Waals surface area (Å²) in [5, 5.41) is 24.5. The van der Waals surface area contributed by atoms with Gasteiger partial charge in [-0.15, -0.1) is 5.10 Å². The number of rotatable bonds is 7. The summed E-state index contributed by atoms with van der Waals surface area (Å²) in [7, 11) is 3.81. The van der Waals surface area contributed by atoms with E-state index in [0.29, 0.717) is 24.1 Å². The first-order chi connectivity index (χ1) is 27.0. The van der Waals surface area contributed by atoms with Crippen LogP contribution in [-0.2, 0) is 54.4 Å². The van der Waals surface area contributed by atoms with Crippen LogP contribution in [0.5, 0.6) is 0 Å². The van der Waals surface area contributed by atoms with E-state index in [9.17, 15) is 19.5 Å². The number of hydrogen-bond acceptors (Lipinski definition) is 15. The molecule has 4 aliphatic heterocycles. The van der Waals surface area contributed by atoms with Crippen LogP contribution in [0.2, 0.25) is 0 Å². The molecule has 0 spiro atoms. The van der Waals surface area contributed by atoms with Crippen molar-refractivity contribution in [3.63, 3.8) is 0 Å². The number of ketones is 1. The van der Waals surface area contributed by atoms with Gasteiger partial charge in [0.2, 0.25) is 6.73 Å². The van der Waals surface area contributed by atoms with E-state index in [1.807, 2.05) is 84.8 Å². The lowest BCUT2D eigenvalue weighted by atomic mass is 9.70. The SMILES string of the molecule is CC[C@H]1OC(=O)[C@H](C)[C@H]2OC/C(=N/OCn3nnc4ccccc43)CO[C@](C)(C[C@@H](C)C(=O)[C@H](C)[C@@H]3CC(=O)O[C@]13C)[C@H](O[C@@H]1O[C@H](C)C[C@H](N(C)C)[C@H]1O)[C@@H]2C. The number of Topliss-reactive ketones (excluding diaryl/α,β-unsaturated/α-hetero) is 1. The number of cyclic esters (lactones) is 1. The standard InChI is InChI=1S/C41H61N5O11/c1-11-32-41(8)28(17-33(47)57-41)24(4)34(48)22(2)18-40(7)37(56-39-35(49)31(45(9)10)16-23(3)54-39)25(5)36(26(6)38(50)55-32)51-19-27(20-52-40)43-53-21-46-30-15-13-12-14-29(30)42-44-46/h12-15,22-26,28,31-32,35-37,39,49H,11,16-21H2,1-10H3/b43-27-/t22-,23-,24-,25-,26-,28+,31+,32-,35-,36+,37-,39+,40-,41+/m1/s1. The molecule has 6 rings (SSSR count). The van der Waals surface area contributed by atoms with E-state index in [1.165, 1.54) is 0 Å². The van der Waals surface area contributed by atoms with E-state index in [1.54, 1.807) is 18.5 Å². The molecule has 0 unspecified atom stereocenters. The van der Waals surface area contributed by atoms with Gasteiger partial charge in [0.05, 0.1) is 55.0 Å². The van der Waals surface area contributed by atoms with Crippen LogP contribution in [0.4, 0.5) is 0 Å². The van der Waals surface area contributed by atoms with Crippen molar-refractivity contribution in [3.8, 4) is 0 Å². The quantitative estimate of drug-likeness (QED) is 0.314. The molecule has 4 saturated heterocycles. The Bertz CT molecular complexity index is 1790. The maximum Gasteiger partial charge on any atom is 0.311 e. The number of aromatic nitrogens is 3. The number of fused-ring (bicyclic) bond motifs is 5. The second-order valence-electron chi connectivity index (χ2n) is 17.2. The lowest BCUT2D eigenvalue weighted by molar-refractivity contribution is -0.302. The maximum absolute atomic E-state index is 14.5. The number of esters is 2. The number of ether oxygens (including phenoxy) is 6. The Hall–Kier alpha value is -3.54. The highest BCUT2D eigenvalue weighted by Crippen LogP contribution is 2.46.